The largest absolute Gasteiger partial charge is 0.362 e. The lowest BCUT2D eigenvalue weighted by atomic mass is 10.4. The molecular formula is C9H9ClO3S. The van der Waals surface area contributed by atoms with Gasteiger partial charge in [0, 0.05) is 6.42 Å². The van der Waals surface area contributed by atoms with Crippen LogP contribution < -0.4 is 0 Å². The maximum Gasteiger partial charge on any atom is 0.206 e. The van der Waals surface area contributed by atoms with Crippen molar-refractivity contribution in [2.24, 2.45) is 0 Å². The number of benzene rings is 1. The number of sulfone groups is 1. The van der Waals surface area contributed by atoms with Crippen LogP contribution in [0.5, 0.6) is 0 Å². The molecule has 1 aromatic carbocycles. The first-order valence-electron chi connectivity index (χ1n) is 4.22. The highest BCUT2D eigenvalue weighted by molar-refractivity contribution is 7.92. The van der Waals surface area contributed by atoms with Crippen molar-refractivity contribution >= 4 is 21.4 Å². The molecule has 1 unspecified atom stereocenters. The summed E-state index contributed by atoms with van der Waals surface area (Å²) in [6.45, 7) is 0.508. The third-order valence-corrected chi connectivity index (χ3v) is 4.62. The van der Waals surface area contributed by atoms with Gasteiger partial charge in [0.25, 0.3) is 0 Å². The van der Waals surface area contributed by atoms with Crippen molar-refractivity contribution in [2.75, 3.05) is 6.61 Å². The molecule has 0 radical (unpaired) electrons. The third-order valence-electron chi connectivity index (χ3n) is 2.15. The molecule has 0 N–H and O–H groups in total. The number of ether oxygens (including phenoxy) is 1. The Balaban J connectivity index is 2.43. The molecule has 1 aliphatic rings. The molecule has 0 spiro atoms. The minimum atomic E-state index is -3.39. The Bertz CT molecular complexity index is 437. The molecule has 1 aliphatic heterocycles. The monoisotopic (exact) mass is 232 g/mol. The Hall–Kier alpha value is -0.580. The first-order valence-corrected chi connectivity index (χ1v) is 6.15. The molecule has 0 bridgehead atoms. The average Bonchev–Trinajstić information content (AvgIpc) is 2.00. The number of rotatable bonds is 2. The van der Waals surface area contributed by atoms with Crippen LogP contribution in [0.4, 0.5) is 0 Å². The number of halogens is 1. The van der Waals surface area contributed by atoms with Gasteiger partial charge in [-0.3, -0.25) is 0 Å². The van der Waals surface area contributed by atoms with Crippen LogP contribution in [0.2, 0.25) is 5.02 Å². The standard InChI is InChI=1S/C9H9ClO3S/c10-7-3-1-2-4-8(7)14(11,12)9-5-6-13-9/h1-4,9H,5-6H2. The van der Waals surface area contributed by atoms with Crippen LogP contribution in [0.1, 0.15) is 6.42 Å². The van der Waals surface area contributed by atoms with E-state index in [1.807, 2.05) is 0 Å². The topological polar surface area (TPSA) is 43.4 Å². The van der Waals surface area contributed by atoms with Gasteiger partial charge in [-0.1, -0.05) is 23.7 Å². The van der Waals surface area contributed by atoms with Crippen molar-refractivity contribution in [1.82, 2.24) is 0 Å². The van der Waals surface area contributed by atoms with Crippen LogP contribution in [-0.4, -0.2) is 20.5 Å². The SMILES string of the molecule is O=S(=O)(c1ccccc1Cl)C1CCO1. The molecule has 1 heterocycles. The molecule has 1 atom stereocenters. The van der Waals surface area contributed by atoms with Crippen LogP contribution in [0.25, 0.3) is 0 Å². The summed E-state index contributed by atoms with van der Waals surface area (Å²) in [6.07, 6.45) is 0.549. The van der Waals surface area contributed by atoms with Crippen LogP contribution in [0.3, 0.4) is 0 Å². The van der Waals surface area contributed by atoms with Crippen molar-refractivity contribution in [1.29, 1.82) is 0 Å². The molecule has 1 aromatic rings. The molecular weight excluding hydrogens is 224 g/mol. The summed E-state index contributed by atoms with van der Waals surface area (Å²) in [4.78, 5) is 0.159. The highest BCUT2D eigenvalue weighted by Crippen LogP contribution is 2.29. The van der Waals surface area contributed by atoms with E-state index in [1.165, 1.54) is 6.07 Å². The van der Waals surface area contributed by atoms with E-state index < -0.39 is 15.3 Å². The summed E-state index contributed by atoms with van der Waals surface area (Å²) in [6, 6.07) is 6.41. The Morgan fingerprint density at radius 3 is 2.50 bits per heavy atom. The first-order chi connectivity index (χ1) is 6.62. The summed E-state index contributed by atoms with van der Waals surface area (Å²) in [5.74, 6) is 0. The quantitative estimate of drug-likeness (QED) is 0.782. The molecule has 0 aliphatic carbocycles. The average molecular weight is 233 g/mol. The zero-order chi connectivity index (χ0) is 10.2. The van der Waals surface area contributed by atoms with Crippen molar-refractivity contribution in [3.8, 4) is 0 Å². The Morgan fingerprint density at radius 2 is 2.00 bits per heavy atom. The maximum atomic E-state index is 11.8. The fraction of sp³-hybridized carbons (Fsp3) is 0.333. The first kappa shape index (κ1) is 9.96. The molecule has 3 nitrogen and oxygen atoms in total. The smallest absolute Gasteiger partial charge is 0.206 e. The van der Waals surface area contributed by atoms with Gasteiger partial charge in [0.15, 0.2) is 5.44 Å². The molecule has 0 amide bonds. The van der Waals surface area contributed by atoms with Crippen molar-refractivity contribution in [3.05, 3.63) is 29.3 Å². The number of hydrogen-bond donors (Lipinski definition) is 0. The second-order valence-corrected chi connectivity index (χ2v) is 5.53. The van der Waals surface area contributed by atoms with E-state index in [9.17, 15) is 8.42 Å². The van der Waals surface area contributed by atoms with Gasteiger partial charge in [-0.2, -0.15) is 0 Å². The maximum absolute atomic E-state index is 11.8. The van der Waals surface area contributed by atoms with Gasteiger partial charge in [-0.15, -0.1) is 0 Å². The fourth-order valence-electron chi connectivity index (χ4n) is 1.28. The minimum Gasteiger partial charge on any atom is -0.362 e. The third kappa shape index (κ3) is 1.54. The van der Waals surface area contributed by atoms with Crippen molar-refractivity contribution in [2.45, 2.75) is 16.8 Å². The van der Waals surface area contributed by atoms with Crippen LogP contribution in [-0.2, 0) is 14.6 Å². The Kier molecular flexibility index (Phi) is 2.51. The Morgan fingerprint density at radius 1 is 1.36 bits per heavy atom. The highest BCUT2D eigenvalue weighted by Gasteiger charge is 2.34. The zero-order valence-corrected chi connectivity index (χ0v) is 8.88. The van der Waals surface area contributed by atoms with Gasteiger partial charge in [-0.25, -0.2) is 8.42 Å². The summed E-state index contributed by atoms with van der Waals surface area (Å²) in [7, 11) is -3.39. The van der Waals surface area contributed by atoms with Gasteiger partial charge in [0.05, 0.1) is 16.5 Å². The van der Waals surface area contributed by atoms with E-state index in [1.54, 1.807) is 18.2 Å². The van der Waals surface area contributed by atoms with Crippen LogP contribution in [0.15, 0.2) is 29.2 Å². The van der Waals surface area contributed by atoms with E-state index in [2.05, 4.69) is 0 Å². The second-order valence-electron chi connectivity index (χ2n) is 3.06. The molecule has 76 valence electrons. The predicted octanol–water partition coefficient (Wildman–Crippen LogP) is 1.86. The molecule has 0 aromatic heterocycles. The molecule has 1 saturated heterocycles. The van der Waals surface area contributed by atoms with Crippen LogP contribution >= 0.6 is 11.6 Å². The van der Waals surface area contributed by atoms with E-state index in [4.69, 9.17) is 16.3 Å². The lowest BCUT2D eigenvalue weighted by Gasteiger charge is -2.26. The molecule has 2 rings (SSSR count). The highest BCUT2D eigenvalue weighted by atomic mass is 35.5. The normalized spacial score (nSPS) is 21.6. The van der Waals surface area contributed by atoms with Gasteiger partial charge < -0.3 is 4.74 Å². The molecule has 5 heteroatoms. The van der Waals surface area contributed by atoms with Gasteiger partial charge in [0.2, 0.25) is 9.84 Å². The van der Waals surface area contributed by atoms with E-state index in [0.717, 1.165) is 0 Å². The van der Waals surface area contributed by atoms with E-state index >= 15 is 0 Å². The lowest BCUT2D eigenvalue weighted by molar-refractivity contribution is 0.00317. The summed E-state index contributed by atoms with van der Waals surface area (Å²) in [5.41, 5.74) is -0.706. The Labute approximate surface area is 87.6 Å². The molecule has 1 fully saturated rings. The van der Waals surface area contributed by atoms with Crippen molar-refractivity contribution in [3.63, 3.8) is 0 Å². The van der Waals surface area contributed by atoms with Gasteiger partial charge in [0.1, 0.15) is 0 Å². The minimum absolute atomic E-state index is 0.159. The van der Waals surface area contributed by atoms with E-state index in [0.29, 0.717) is 13.0 Å². The molecule has 14 heavy (non-hydrogen) atoms. The summed E-state index contributed by atoms with van der Waals surface area (Å²) >= 11 is 5.80. The molecule has 0 saturated carbocycles. The van der Waals surface area contributed by atoms with Gasteiger partial charge >= 0.3 is 0 Å². The van der Waals surface area contributed by atoms with Crippen molar-refractivity contribution < 1.29 is 13.2 Å². The van der Waals surface area contributed by atoms with Crippen LogP contribution in [0, 0.1) is 0 Å². The second kappa shape index (κ2) is 3.53. The zero-order valence-electron chi connectivity index (χ0n) is 7.31. The number of hydrogen-bond acceptors (Lipinski definition) is 3. The summed E-state index contributed by atoms with van der Waals surface area (Å²) < 4.78 is 28.6. The lowest BCUT2D eigenvalue weighted by Crippen LogP contribution is -2.35. The van der Waals surface area contributed by atoms with Gasteiger partial charge in [-0.05, 0) is 12.1 Å². The fourth-order valence-corrected chi connectivity index (χ4v) is 3.31. The predicted molar refractivity (Wildman–Crippen MR) is 53.0 cm³/mol. The van der Waals surface area contributed by atoms with E-state index in [-0.39, 0.29) is 9.92 Å². The summed E-state index contributed by atoms with van der Waals surface area (Å²) in [5, 5.41) is 0.253.